The van der Waals surface area contributed by atoms with Crippen molar-refractivity contribution < 1.29 is 9.47 Å². The van der Waals surface area contributed by atoms with Gasteiger partial charge in [0.05, 0.1) is 17.1 Å². The molecular formula is C28H23BrN4O3. The van der Waals surface area contributed by atoms with Crippen LogP contribution in [0.1, 0.15) is 29.6 Å². The Bertz CT molecular complexity index is 1740. The highest BCUT2D eigenvalue weighted by Gasteiger charge is 2.17. The molecule has 3 aromatic carbocycles. The Morgan fingerprint density at radius 3 is 2.75 bits per heavy atom. The van der Waals surface area contributed by atoms with E-state index in [1.165, 1.54) is 4.68 Å². The molecule has 0 spiro atoms. The number of hydrogen-bond acceptors (Lipinski definition) is 5. The summed E-state index contributed by atoms with van der Waals surface area (Å²) in [5, 5.41) is 6.26. The van der Waals surface area contributed by atoms with Gasteiger partial charge < -0.3 is 14.0 Å². The first kappa shape index (κ1) is 22.5. The van der Waals surface area contributed by atoms with Gasteiger partial charge in [0.25, 0.3) is 5.56 Å². The summed E-state index contributed by atoms with van der Waals surface area (Å²) in [4.78, 5) is 18.0. The minimum atomic E-state index is -0.184. The SMILES string of the molecule is CCc1nc2ccc(Br)cc2c(=O)n1N=Cc1c(C)n(Cc2ccc3c(c2)OCO3)c2ccccc12. The first-order valence-corrected chi connectivity index (χ1v) is 12.5. The second-order valence-electron chi connectivity index (χ2n) is 8.69. The van der Waals surface area contributed by atoms with Crippen molar-refractivity contribution in [3.05, 3.63) is 98.1 Å². The van der Waals surface area contributed by atoms with Crippen molar-refractivity contribution in [3.8, 4) is 11.5 Å². The minimum absolute atomic E-state index is 0.184. The maximum Gasteiger partial charge on any atom is 0.282 e. The van der Waals surface area contributed by atoms with Crippen LogP contribution in [0.3, 0.4) is 0 Å². The Morgan fingerprint density at radius 2 is 1.89 bits per heavy atom. The monoisotopic (exact) mass is 542 g/mol. The average Bonchev–Trinajstić information content (AvgIpc) is 3.46. The van der Waals surface area contributed by atoms with E-state index in [0.717, 1.165) is 43.7 Å². The van der Waals surface area contributed by atoms with E-state index in [0.29, 0.717) is 29.7 Å². The first-order chi connectivity index (χ1) is 17.5. The summed E-state index contributed by atoms with van der Waals surface area (Å²) >= 11 is 3.45. The van der Waals surface area contributed by atoms with Gasteiger partial charge in [-0.2, -0.15) is 9.78 Å². The molecule has 0 radical (unpaired) electrons. The number of fused-ring (bicyclic) bond motifs is 3. The van der Waals surface area contributed by atoms with Crippen molar-refractivity contribution in [2.75, 3.05) is 6.79 Å². The van der Waals surface area contributed by atoms with Gasteiger partial charge in [-0.15, -0.1) is 0 Å². The van der Waals surface area contributed by atoms with Crippen LogP contribution in [0.25, 0.3) is 21.8 Å². The molecule has 0 fully saturated rings. The Morgan fingerprint density at radius 1 is 1.06 bits per heavy atom. The third-order valence-electron chi connectivity index (χ3n) is 6.55. The molecule has 0 unspecified atom stereocenters. The van der Waals surface area contributed by atoms with Crippen LogP contribution >= 0.6 is 15.9 Å². The molecule has 0 amide bonds. The van der Waals surface area contributed by atoms with Crippen molar-refractivity contribution in [2.24, 2.45) is 5.10 Å². The Kier molecular flexibility index (Phi) is 5.60. The number of rotatable bonds is 5. The molecule has 0 bridgehead atoms. The number of hydrogen-bond donors (Lipinski definition) is 0. The van der Waals surface area contributed by atoms with Crippen LogP contribution in [0.5, 0.6) is 11.5 Å². The zero-order valence-electron chi connectivity index (χ0n) is 19.9. The molecule has 8 heteroatoms. The van der Waals surface area contributed by atoms with E-state index in [4.69, 9.17) is 9.47 Å². The third kappa shape index (κ3) is 3.78. The van der Waals surface area contributed by atoms with Crippen LogP contribution in [-0.4, -0.2) is 27.2 Å². The predicted molar refractivity (Wildman–Crippen MR) is 144 cm³/mol. The van der Waals surface area contributed by atoms with Crippen LogP contribution in [0.15, 0.2) is 75.0 Å². The lowest BCUT2D eigenvalue weighted by Crippen LogP contribution is -2.22. The molecule has 0 aliphatic carbocycles. The number of para-hydroxylation sites is 1. The number of ether oxygens (including phenoxy) is 2. The average molecular weight is 543 g/mol. The smallest absolute Gasteiger partial charge is 0.282 e. The normalized spacial score (nSPS) is 12.9. The molecule has 36 heavy (non-hydrogen) atoms. The second kappa shape index (κ2) is 8.95. The van der Waals surface area contributed by atoms with Crippen molar-refractivity contribution in [3.63, 3.8) is 0 Å². The number of aryl methyl sites for hydroxylation is 1. The fraction of sp³-hybridized carbons (Fsp3) is 0.179. The Hall–Kier alpha value is -3.91. The van der Waals surface area contributed by atoms with E-state index in [-0.39, 0.29) is 12.4 Å². The van der Waals surface area contributed by atoms with E-state index in [1.54, 1.807) is 12.3 Å². The molecule has 180 valence electrons. The van der Waals surface area contributed by atoms with Crippen LogP contribution in [0, 0.1) is 6.92 Å². The lowest BCUT2D eigenvalue weighted by Gasteiger charge is -2.10. The molecule has 0 saturated heterocycles. The maximum absolute atomic E-state index is 13.3. The zero-order chi connectivity index (χ0) is 24.8. The van der Waals surface area contributed by atoms with Gasteiger partial charge in [-0.3, -0.25) is 4.79 Å². The summed E-state index contributed by atoms with van der Waals surface area (Å²) in [5.74, 6) is 2.16. The van der Waals surface area contributed by atoms with Gasteiger partial charge in [0.15, 0.2) is 11.5 Å². The van der Waals surface area contributed by atoms with E-state index in [2.05, 4.69) is 55.7 Å². The lowest BCUT2D eigenvalue weighted by molar-refractivity contribution is 0.174. The molecule has 0 N–H and O–H groups in total. The summed E-state index contributed by atoms with van der Waals surface area (Å²) in [6.45, 7) is 4.97. The zero-order valence-corrected chi connectivity index (χ0v) is 21.4. The lowest BCUT2D eigenvalue weighted by atomic mass is 10.1. The number of benzene rings is 3. The molecule has 2 aromatic heterocycles. The quantitative estimate of drug-likeness (QED) is 0.269. The third-order valence-corrected chi connectivity index (χ3v) is 7.04. The molecule has 3 heterocycles. The fourth-order valence-electron chi connectivity index (χ4n) is 4.70. The van der Waals surface area contributed by atoms with E-state index in [9.17, 15) is 4.79 Å². The van der Waals surface area contributed by atoms with Crippen LogP contribution < -0.4 is 15.0 Å². The highest BCUT2D eigenvalue weighted by atomic mass is 79.9. The summed E-state index contributed by atoms with van der Waals surface area (Å²) in [6.07, 6.45) is 2.36. The standard InChI is InChI=1S/C28H23BrN4O3/c1-3-27-31-23-10-9-19(29)13-21(23)28(34)33(27)30-14-22-17(2)32(24-7-5-4-6-20(22)24)15-18-8-11-25-26(12-18)36-16-35-25/h4-14H,3,15-16H2,1-2H3. The molecule has 1 aliphatic heterocycles. The minimum Gasteiger partial charge on any atom is -0.454 e. The number of nitrogens with zero attached hydrogens (tertiary/aromatic N) is 4. The van der Waals surface area contributed by atoms with Crippen LogP contribution in [0.2, 0.25) is 0 Å². The van der Waals surface area contributed by atoms with Crippen molar-refractivity contribution in [1.29, 1.82) is 0 Å². The summed E-state index contributed by atoms with van der Waals surface area (Å²) < 4.78 is 15.5. The topological polar surface area (TPSA) is 70.6 Å². The van der Waals surface area contributed by atoms with Gasteiger partial charge in [0.2, 0.25) is 6.79 Å². The molecule has 1 aliphatic rings. The molecule has 6 rings (SSSR count). The van der Waals surface area contributed by atoms with Gasteiger partial charge in [-0.05, 0) is 48.9 Å². The highest BCUT2D eigenvalue weighted by Crippen LogP contribution is 2.33. The predicted octanol–water partition coefficient (Wildman–Crippen LogP) is 5.64. The van der Waals surface area contributed by atoms with Crippen molar-refractivity contribution in [1.82, 2.24) is 14.2 Å². The maximum atomic E-state index is 13.3. The molecular weight excluding hydrogens is 520 g/mol. The molecule has 0 saturated carbocycles. The van der Waals surface area contributed by atoms with E-state index in [1.807, 2.05) is 43.3 Å². The van der Waals surface area contributed by atoms with Gasteiger partial charge in [-0.1, -0.05) is 47.1 Å². The Labute approximate surface area is 215 Å². The highest BCUT2D eigenvalue weighted by molar-refractivity contribution is 9.10. The van der Waals surface area contributed by atoms with Crippen LogP contribution in [-0.2, 0) is 13.0 Å². The Balaban J connectivity index is 1.45. The fourth-order valence-corrected chi connectivity index (χ4v) is 5.07. The van der Waals surface area contributed by atoms with Crippen LogP contribution in [0.4, 0.5) is 0 Å². The largest absolute Gasteiger partial charge is 0.454 e. The van der Waals surface area contributed by atoms with Gasteiger partial charge in [-0.25, -0.2) is 4.98 Å². The molecule has 0 atom stereocenters. The summed E-state index contributed by atoms with van der Waals surface area (Å²) in [5.41, 5.74) is 4.71. The summed E-state index contributed by atoms with van der Waals surface area (Å²) in [7, 11) is 0. The summed E-state index contributed by atoms with van der Waals surface area (Å²) in [6, 6.07) is 19.8. The van der Waals surface area contributed by atoms with Gasteiger partial charge >= 0.3 is 0 Å². The second-order valence-corrected chi connectivity index (χ2v) is 9.61. The van der Waals surface area contributed by atoms with Gasteiger partial charge in [0, 0.05) is 39.6 Å². The number of halogens is 1. The van der Waals surface area contributed by atoms with Crippen molar-refractivity contribution >= 4 is 44.0 Å². The van der Waals surface area contributed by atoms with Gasteiger partial charge in [0.1, 0.15) is 5.82 Å². The van der Waals surface area contributed by atoms with Crippen molar-refractivity contribution in [2.45, 2.75) is 26.8 Å². The molecule has 7 nitrogen and oxygen atoms in total. The molecule has 5 aromatic rings. The van der Waals surface area contributed by atoms with E-state index < -0.39 is 0 Å². The number of aromatic nitrogens is 3. The first-order valence-electron chi connectivity index (χ1n) is 11.8. The van der Waals surface area contributed by atoms with E-state index >= 15 is 0 Å².